The lowest BCUT2D eigenvalue weighted by Gasteiger charge is -2.23. The van der Waals surface area contributed by atoms with E-state index >= 15 is 0 Å². The summed E-state index contributed by atoms with van der Waals surface area (Å²) in [7, 11) is 0. The molecule has 0 saturated heterocycles. The predicted octanol–water partition coefficient (Wildman–Crippen LogP) is 21.6. The number of nitrogens with zero attached hydrogens (tertiary/aromatic N) is 1. The molecule has 2 aromatic heterocycles. The van der Waals surface area contributed by atoms with E-state index in [-0.39, 0.29) is 5.92 Å². The minimum atomic E-state index is 0.0682. The van der Waals surface area contributed by atoms with E-state index in [1.54, 1.807) is 0 Å². The van der Waals surface area contributed by atoms with Crippen molar-refractivity contribution in [1.82, 2.24) is 4.57 Å². The first-order chi connectivity index (χ1) is 39.2. The fourth-order valence-corrected chi connectivity index (χ4v) is 15.1. The van der Waals surface area contributed by atoms with Gasteiger partial charge in [-0.15, -0.1) is 11.3 Å². The fourth-order valence-electron chi connectivity index (χ4n) is 14.0. The van der Waals surface area contributed by atoms with E-state index in [0.29, 0.717) is 0 Å². The van der Waals surface area contributed by atoms with E-state index in [1.807, 2.05) is 11.3 Å². The van der Waals surface area contributed by atoms with Gasteiger partial charge >= 0.3 is 0 Å². The molecule has 0 aliphatic heterocycles. The van der Waals surface area contributed by atoms with Crippen LogP contribution in [0, 0.1) is 0 Å². The van der Waals surface area contributed by atoms with Crippen LogP contribution in [-0.4, -0.2) is 4.57 Å². The lowest BCUT2D eigenvalue weighted by atomic mass is 9.79. The molecule has 17 rings (SSSR count). The number of rotatable bonds is 6. The Morgan fingerprint density at radius 3 is 1.44 bits per heavy atom. The molecule has 0 radical (unpaired) electrons. The van der Waals surface area contributed by atoms with Gasteiger partial charge in [-0.1, -0.05) is 237 Å². The minimum Gasteiger partial charge on any atom is -0.308 e. The molecule has 0 spiro atoms. The molecule has 0 N–H and O–H groups in total. The van der Waals surface area contributed by atoms with Crippen LogP contribution in [0.2, 0.25) is 0 Å². The molecule has 1 aliphatic rings. The summed E-state index contributed by atoms with van der Waals surface area (Å²) in [5.41, 5.74) is 20.3. The van der Waals surface area contributed by atoms with Crippen molar-refractivity contribution in [2.24, 2.45) is 0 Å². The summed E-state index contributed by atoms with van der Waals surface area (Å²) in [4.78, 5) is 0. The number of benzene rings is 14. The van der Waals surface area contributed by atoms with Gasteiger partial charge in [-0.3, -0.25) is 0 Å². The van der Waals surface area contributed by atoms with Gasteiger partial charge < -0.3 is 4.57 Å². The molecule has 2 heteroatoms. The van der Waals surface area contributed by atoms with Crippen molar-refractivity contribution in [1.29, 1.82) is 0 Å². The van der Waals surface area contributed by atoms with E-state index in [4.69, 9.17) is 0 Å². The van der Waals surface area contributed by atoms with Gasteiger partial charge in [0, 0.05) is 47.6 Å². The van der Waals surface area contributed by atoms with Crippen LogP contribution in [0.25, 0.3) is 146 Å². The molecular weight excluding hydrogens is 971 g/mol. The van der Waals surface area contributed by atoms with Crippen LogP contribution in [-0.2, 0) is 0 Å². The quantitative estimate of drug-likeness (QED) is 0.146. The molecule has 1 nitrogen and oxygen atoms in total. The normalized spacial score (nSPS) is 13.2. The van der Waals surface area contributed by atoms with Crippen molar-refractivity contribution < 1.29 is 0 Å². The second kappa shape index (κ2) is 17.3. The third-order valence-corrected chi connectivity index (χ3v) is 18.4. The molecule has 1 unspecified atom stereocenters. The Hall–Kier alpha value is -9.86. The number of hydrogen-bond acceptors (Lipinski definition) is 1. The molecule has 366 valence electrons. The summed E-state index contributed by atoms with van der Waals surface area (Å²) < 4.78 is 5.11. The number of aromatic nitrogens is 1. The third-order valence-electron chi connectivity index (χ3n) is 17.3. The number of para-hydroxylation sites is 1. The molecular formula is C77H47NS. The molecule has 0 bridgehead atoms. The van der Waals surface area contributed by atoms with E-state index in [2.05, 4.69) is 284 Å². The van der Waals surface area contributed by atoms with Gasteiger partial charge in [0.15, 0.2) is 0 Å². The average molecular weight is 1020 g/mol. The summed E-state index contributed by atoms with van der Waals surface area (Å²) in [6.07, 6.45) is 0. The molecule has 1 atom stereocenters. The fraction of sp³-hybridized carbons (Fsp3) is 0.0130. The number of thiophene rings is 1. The van der Waals surface area contributed by atoms with Crippen molar-refractivity contribution in [2.45, 2.75) is 5.92 Å². The Labute approximate surface area is 461 Å². The average Bonchev–Trinajstić information content (AvgIpc) is 4.30. The van der Waals surface area contributed by atoms with Crippen molar-refractivity contribution in [3.8, 4) is 61.3 Å². The van der Waals surface area contributed by atoms with Gasteiger partial charge in [0.1, 0.15) is 0 Å². The number of fused-ring (bicyclic) bond motifs is 13. The van der Waals surface area contributed by atoms with Crippen LogP contribution in [0.5, 0.6) is 0 Å². The van der Waals surface area contributed by atoms with Gasteiger partial charge in [-0.25, -0.2) is 0 Å². The Bertz CT molecular complexity index is 5080. The van der Waals surface area contributed by atoms with Crippen LogP contribution in [0.4, 0.5) is 0 Å². The maximum absolute atomic E-state index is 2.53. The third kappa shape index (κ3) is 6.56. The highest BCUT2D eigenvalue weighted by atomic mass is 32.1. The first-order valence-electron chi connectivity index (χ1n) is 27.4. The van der Waals surface area contributed by atoms with Crippen LogP contribution < -0.4 is 0 Å². The smallest absolute Gasteiger partial charge is 0.0619 e. The van der Waals surface area contributed by atoms with Crippen LogP contribution in [0.3, 0.4) is 0 Å². The first kappa shape index (κ1) is 44.3. The van der Waals surface area contributed by atoms with Crippen molar-refractivity contribution >= 4 is 96.4 Å². The predicted molar refractivity (Wildman–Crippen MR) is 338 cm³/mol. The van der Waals surface area contributed by atoms with E-state index < -0.39 is 0 Å². The summed E-state index contributed by atoms with van der Waals surface area (Å²) >= 11 is 1.90. The van der Waals surface area contributed by atoms with Gasteiger partial charge in [-0.05, 0) is 147 Å². The topological polar surface area (TPSA) is 4.93 Å². The lowest BCUT2D eigenvalue weighted by molar-refractivity contribution is 1.04. The second-order valence-electron chi connectivity index (χ2n) is 21.3. The standard InChI is InChI=1S/C77H47NS/c1-3-20-47(21-4-1)49-38-41-61-65(44-49)52-24-7-8-26-54(52)75(61)76-57-29-11-9-27-55(57)73(56-28-10-12-30-58(56)76)64-35-19-37-71-74(64)67-46-51(40-43-70(67)79-71)72-59-31-13-15-33-62(59)77(63-34-16-14-32-60(63)72)78-68-36-18-17-25-53(68)66-45-50(39-42-69(66)78)48-22-5-2-6-23-48/h1-46,75H. The highest BCUT2D eigenvalue weighted by Crippen LogP contribution is 2.55. The van der Waals surface area contributed by atoms with Crippen LogP contribution in [0.15, 0.2) is 279 Å². The van der Waals surface area contributed by atoms with Gasteiger partial charge in [-0.2, -0.15) is 0 Å². The molecule has 1 aliphatic carbocycles. The van der Waals surface area contributed by atoms with Gasteiger partial charge in [0.05, 0.1) is 16.7 Å². The SMILES string of the molecule is c1ccc(-c2ccc3c(c2)-c2ccccc2C3c2c3ccccc3c(-c3cccc4sc5ccc(-c6c7ccccc7c(-n7c8ccccc8c8cc(-c9ccccc9)ccc87)c7ccccc67)cc5c34)c3ccccc23)cc1. The summed E-state index contributed by atoms with van der Waals surface area (Å²) in [5, 5.41) is 15.2. The summed E-state index contributed by atoms with van der Waals surface area (Å²) in [5.74, 6) is 0.0682. The van der Waals surface area contributed by atoms with Crippen molar-refractivity contribution in [2.75, 3.05) is 0 Å². The monoisotopic (exact) mass is 1020 g/mol. The molecule has 16 aromatic rings. The second-order valence-corrected chi connectivity index (χ2v) is 22.4. The Kier molecular flexibility index (Phi) is 9.71. The zero-order valence-corrected chi connectivity index (χ0v) is 43.8. The minimum absolute atomic E-state index is 0.0682. The lowest BCUT2D eigenvalue weighted by Crippen LogP contribution is -2.03. The van der Waals surface area contributed by atoms with Crippen molar-refractivity contribution in [3.05, 3.63) is 296 Å². The van der Waals surface area contributed by atoms with Crippen LogP contribution in [0.1, 0.15) is 22.6 Å². The molecule has 0 saturated carbocycles. The van der Waals surface area contributed by atoms with E-state index in [0.717, 1.165) is 0 Å². The molecule has 0 fully saturated rings. The highest BCUT2D eigenvalue weighted by Gasteiger charge is 2.34. The van der Waals surface area contributed by atoms with E-state index in [1.165, 1.54) is 163 Å². The largest absolute Gasteiger partial charge is 0.308 e. The summed E-state index contributed by atoms with van der Waals surface area (Å²) in [6.45, 7) is 0. The Balaban J connectivity index is 0.881. The Morgan fingerprint density at radius 2 is 0.759 bits per heavy atom. The van der Waals surface area contributed by atoms with Crippen LogP contribution >= 0.6 is 11.3 Å². The van der Waals surface area contributed by atoms with Gasteiger partial charge in [0.25, 0.3) is 0 Å². The Morgan fingerprint density at radius 1 is 0.266 bits per heavy atom. The maximum atomic E-state index is 2.53. The zero-order chi connectivity index (χ0) is 51.7. The molecule has 79 heavy (non-hydrogen) atoms. The van der Waals surface area contributed by atoms with Crippen molar-refractivity contribution in [3.63, 3.8) is 0 Å². The van der Waals surface area contributed by atoms with E-state index in [9.17, 15) is 0 Å². The summed E-state index contributed by atoms with van der Waals surface area (Å²) in [6, 6.07) is 105. The molecule has 0 amide bonds. The molecule has 14 aromatic carbocycles. The molecule has 2 heterocycles. The number of hydrogen-bond donors (Lipinski definition) is 0. The van der Waals surface area contributed by atoms with Gasteiger partial charge in [0.2, 0.25) is 0 Å². The highest BCUT2D eigenvalue weighted by molar-refractivity contribution is 7.26. The zero-order valence-electron chi connectivity index (χ0n) is 43.0. The first-order valence-corrected chi connectivity index (χ1v) is 28.3. The maximum Gasteiger partial charge on any atom is 0.0619 e.